The predicted octanol–water partition coefficient (Wildman–Crippen LogP) is -7.67. The number of halogens is 1. The van der Waals surface area contributed by atoms with E-state index in [1.807, 2.05) is 22.9 Å². The van der Waals surface area contributed by atoms with E-state index in [9.17, 15) is 74.7 Å². The molecular weight excluding hydrogens is 1280 g/mol. The highest BCUT2D eigenvalue weighted by atomic mass is 127. The summed E-state index contributed by atoms with van der Waals surface area (Å²) in [5.74, 6) is -2.33. The normalized spacial score (nSPS) is 28.0. The van der Waals surface area contributed by atoms with Crippen molar-refractivity contribution in [3.63, 3.8) is 0 Å². The smallest absolute Gasteiger partial charge is 0.220 e. The Labute approximate surface area is 518 Å². The zero-order valence-corrected chi connectivity index (χ0v) is 51.7. The SMILES string of the molecule is CC(=O)NC1C(OCCOCCOCCNC(=O)CCC(CCC(=O)NCCOCCOCCOC2OC(CO)C(O)C(O)C2NC(C)=O)(CCC(=O)NCCOCCOCCOC2OC(CO)C(O)C(O)C2NC(C)=O)NI)OC(CO)C(O)C1O. The second-order valence-electron chi connectivity index (χ2n) is 20.5. The molecule has 15 unspecified atom stereocenters. The molecule has 0 aromatic heterocycles. The molecule has 0 radical (unpaired) electrons. The van der Waals surface area contributed by atoms with Crippen molar-refractivity contribution in [1.29, 1.82) is 0 Å². The summed E-state index contributed by atoms with van der Waals surface area (Å²) in [7, 11) is 0. The van der Waals surface area contributed by atoms with Crippen molar-refractivity contribution in [3.05, 3.63) is 0 Å². The molecule has 6 amide bonds. The monoisotopic (exact) mass is 1380 g/mol. The van der Waals surface area contributed by atoms with Crippen LogP contribution in [0.3, 0.4) is 0 Å². The van der Waals surface area contributed by atoms with Crippen LogP contribution in [-0.4, -0.2) is 317 Å². The van der Waals surface area contributed by atoms with Gasteiger partial charge in [-0.15, -0.1) is 0 Å². The van der Waals surface area contributed by atoms with Gasteiger partial charge >= 0.3 is 0 Å². The van der Waals surface area contributed by atoms with E-state index in [4.69, 9.17) is 56.8 Å². The van der Waals surface area contributed by atoms with Gasteiger partial charge in [-0.1, -0.05) is 0 Å². The number of rotatable bonds is 46. The Kier molecular flexibility index (Phi) is 39.6. The molecular formula is C52H94IN7O27. The first-order valence-corrected chi connectivity index (χ1v) is 30.0. The third-order valence-electron chi connectivity index (χ3n) is 13.8. The third kappa shape index (κ3) is 29.7. The number of amides is 6. The molecule has 3 aliphatic rings. The van der Waals surface area contributed by atoms with E-state index in [2.05, 4.69) is 35.4 Å². The molecule has 3 aliphatic heterocycles. The maximum Gasteiger partial charge on any atom is 0.220 e. The molecule has 3 fully saturated rings. The quantitative estimate of drug-likeness (QED) is 0.0153. The van der Waals surface area contributed by atoms with Crippen molar-refractivity contribution in [3.8, 4) is 0 Å². The Balaban J connectivity index is 1.38. The zero-order valence-electron chi connectivity index (χ0n) is 49.5. The Hall–Kier alpha value is -3.33. The number of hydrogen-bond donors (Lipinski definition) is 16. The van der Waals surface area contributed by atoms with Crippen molar-refractivity contribution in [2.45, 2.75) is 157 Å². The van der Waals surface area contributed by atoms with Gasteiger partial charge in [-0.25, -0.2) is 0 Å². The second kappa shape index (κ2) is 44.2. The summed E-state index contributed by atoms with van der Waals surface area (Å²) < 4.78 is 69.9. The summed E-state index contributed by atoms with van der Waals surface area (Å²) in [5, 5.41) is 106. The van der Waals surface area contributed by atoms with Gasteiger partial charge in [0, 0.05) is 88.1 Å². The zero-order chi connectivity index (χ0) is 64.2. The molecule has 16 N–H and O–H groups in total. The van der Waals surface area contributed by atoms with Crippen molar-refractivity contribution >= 4 is 58.3 Å². The molecule has 15 atom stereocenters. The Bertz CT molecular complexity index is 1760. The maximum atomic E-state index is 13.1. The number of aliphatic hydroxyl groups is 9. The highest BCUT2D eigenvalue weighted by Gasteiger charge is 2.48. The number of ether oxygens (including phenoxy) is 12. The van der Waals surface area contributed by atoms with Gasteiger partial charge in [0.05, 0.1) is 119 Å². The predicted molar refractivity (Wildman–Crippen MR) is 305 cm³/mol. The number of nitrogens with one attached hydrogen (secondary N) is 7. The first-order chi connectivity index (χ1) is 41.7. The van der Waals surface area contributed by atoms with E-state index in [-0.39, 0.29) is 175 Å². The van der Waals surface area contributed by atoms with Gasteiger partial charge in [-0.05, 0) is 19.3 Å². The molecule has 506 valence electrons. The molecule has 0 spiro atoms. The highest BCUT2D eigenvalue weighted by Crippen LogP contribution is 2.28. The summed E-state index contributed by atoms with van der Waals surface area (Å²) in [6.07, 6.45) is -14.6. The van der Waals surface area contributed by atoms with E-state index in [1.54, 1.807) is 0 Å². The molecule has 0 aromatic carbocycles. The molecule has 3 heterocycles. The lowest BCUT2D eigenvalue weighted by Gasteiger charge is -2.42. The summed E-state index contributed by atoms with van der Waals surface area (Å²) in [6.45, 7) is 4.18. The summed E-state index contributed by atoms with van der Waals surface area (Å²) in [6, 6.07) is -3.25. The van der Waals surface area contributed by atoms with Crippen molar-refractivity contribution in [2.24, 2.45) is 0 Å². The number of carbonyl (C=O) groups excluding carboxylic acids is 6. The molecule has 0 aliphatic carbocycles. The molecule has 3 rings (SSSR count). The van der Waals surface area contributed by atoms with Gasteiger partial charge in [0.1, 0.15) is 73.1 Å². The van der Waals surface area contributed by atoms with Gasteiger partial charge in [-0.2, -0.15) is 0 Å². The molecule has 3 saturated heterocycles. The second-order valence-corrected chi connectivity index (χ2v) is 21.0. The van der Waals surface area contributed by atoms with Gasteiger partial charge in [-0.3, -0.25) is 32.3 Å². The lowest BCUT2D eigenvalue weighted by atomic mass is 9.84. The minimum Gasteiger partial charge on any atom is -0.394 e. The standard InChI is InChI=1S/C52H94IN7O27/c1-31(64)57-40-46(73)43(70)34(28-61)85-49(40)82-25-22-79-19-16-76-13-10-54-37(67)4-7-52(60-53,8-5-38(68)55-11-14-77-17-20-80-23-26-83-50-41(58-32(2)65)47(74)44(71)35(29-62)86-50)9-6-39(69)56-12-15-78-18-21-81-24-27-84-51-42(59-33(3)66)48(75)45(72)36(30-63)87-51/h34-36,40-51,60-63,70-75H,4-30H2,1-3H3,(H,54,67)(H,55,68)(H,56,69)(H,57,64)(H,58,65)(H,59,66). The van der Waals surface area contributed by atoms with Crippen molar-refractivity contribution < 1.29 is 132 Å². The topological polar surface area (TPSA) is 479 Å². The van der Waals surface area contributed by atoms with Crippen LogP contribution >= 0.6 is 22.9 Å². The minimum atomic E-state index is -1.45. The lowest BCUT2D eigenvalue weighted by molar-refractivity contribution is -0.272. The Morgan fingerprint density at radius 1 is 0.391 bits per heavy atom. The van der Waals surface area contributed by atoms with Crippen LogP contribution < -0.4 is 35.4 Å². The first kappa shape index (κ1) is 77.9. The highest BCUT2D eigenvalue weighted by molar-refractivity contribution is 14.1. The number of aliphatic hydroxyl groups excluding tert-OH is 9. The van der Waals surface area contributed by atoms with Crippen molar-refractivity contribution in [2.75, 3.05) is 139 Å². The molecule has 0 aromatic rings. The van der Waals surface area contributed by atoms with Gasteiger partial charge in [0.25, 0.3) is 0 Å². The largest absolute Gasteiger partial charge is 0.394 e. The van der Waals surface area contributed by atoms with E-state index < -0.39 is 135 Å². The van der Waals surface area contributed by atoms with Crippen LogP contribution in [-0.2, 0) is 85.6 Å². The van der Waals surface area contributed by atoms with Gasteiger partial charge in [0.15, 0.2) is 18.9 Å². The average molecular weight is 1380 g/mol. The van der Waals surface area contributed by atoms with Gasteiger partial charge < -0.3 is 135 Å². The van der Waals surface area contributed by atoms with E-state index >= 15 is 0 Å². The number of carbonyl (C=O) groups is 6. The van der Waals surface area contributed by atoms with Crippen LogP contribution in [0.25, 0.3) is 0 Å². The molecule has 35 heteroatoms. The average Bonchev–Trinajstić information content (AvgIpc) is 2.18. The van der Waals surface area contributed by atoms with E-state index in [0.717, 1.165) is 0 Å². The minimum absolute atomic E-state index is 0.0143. The fourth-order valence-electron chi connectivity index (χ4n) is 9.10. The summed E-state index contributed by atoms with van der Waals surface area (Å²) >= 11 is 1.96. The first-order valence-electron chi connectivity index (χ1n) is 28.9. The van der Waals surface area contributed by atoms with Crippen LogP contribution in [0.4, 0.5) is 0 Å². The van der Waals surface area contributed by atoms with Crippen LogP contribution in [0.15, 0.2) is 0 Å². The maximum absolute atomic E-state index is 13.1. The third-order valence-corrected chi connectivity index (χ3v) is 14.9. The van der Waals surface area contributed by atoms with E-state index in [1.165, 1.54) is 20.8 Å². The van der Waals surface area contributed by atoms with E-state index in [0.29, 0.717) is 0 Å². The summed E-state index contributed by atoms with van der Waals surface area (Å²) in [4.78, 5) is 74.2. The van der Waals surface area contributed by atoms with Crippen LogP contribution in [0.1, 0.15) is 59.3 Å². The molecule has 87 heavy (non-hydrogen) atoms. The molecule has 0 bridgehead atoms. The molecule has 0 saturated carbocycles. The van der Waals surface area contributed by atoms with Gasteiger partial charge in [0.2, 0.25) is 35.4 Å². The Morgan fingerprint density at radius 3 is 0.862 bits per heavy atom. The fourth-order valence-corrected chi connectivity index (χ4v) is 9.91. The molecule has 34 nitrogen and oxygen atoms in total. The van der Waals surface area contributed by atoms with Crippen LogP contribution in [0.5, 0.6) is 0 Å². The van der Waals surface area contributed by atoms with Crippen LogP contribution in [0.2, 0.25) is 0 Å². The fraction of sp³-hybridized carbons (Fsp3) is 0.885. The van der Waals surface area contributed by atoms with Crippen LogP contribution in [0, 0.1) is 0 Å². The Morgan fingerprint density at radius 2 is 0.632 bits per heavy atom. The van der Waals surface area contributed by atoms with Crippen molar-refractivity contribution in [1.82, 2.24) is 35.4 Å². The lowest BCUT2D eigenvalue weighted by Crippen LogP contribution is -2.64. The summed E-state index contributed by atoms with van der Waals surface area (Å²) in [5.41, 5.74) is -0.833. The number of hydrogen-bond acceptors (Lipinski definition) is 28.